The van der Waals surface area contributed by atoms with Crippen molar-refractivity contribution >= 4 is 29.2 Å². The molecule has 0 spiro atoms. The van der Waals surface area contributed by atoms with Gasteiger partial charge in [-0.2, -0.15) is 0 Å². The minimum absolute atomic E-state index is 0.0266. The van der Waals surface area contributed by atoms with Crippen molar-refractivity contribution in [2.45, 2.75) is 13.3 Å². The van der Waals surface area contributed by atoms with Gasteiger partial charge in [-0.05, 0) is 60.5 Å². The second-order valence-corrected chi connectivity index (χ2v) is 8.04. The Morgan fingerprint density at radius 1 is 1.00 bits per heavy atom. The van der Waals surface area contributed by atoms with Gasteiger partial charge in [0, 0.05) is 13.0 Å². The number of methoxy groups -OCH3 is 1. The largest absolute Gasteiger partial charge is 0.495 e. The average Bonchev–Trinajstić information content (AvgIpc) is 2.86. The molecule has 0 heterocycles. The van der Waals surface area contributed by atoms with Crippen LogP contribution in [0.15, 0.2) is 66.7 Å². The Kier molecular flexibility index (Phi) is 9.01. The first-order chi connectivity index (χ1) is 17.3. The van der Waals surface area contributed by atoms with E-state index in [0.717, 1.165) is 11.1 Å². The van der Waals surface area contributed by atoms with Gasteiger partial charge in [0.25, 0.3) is 0 Å². The molecule has 0 fully saturated rings. The molecule has 36 heavy (non-hydrogen) atoms. The number of anilines is 2. The van der Waals surface area contributed by atoms with E-state index in [9.17, 15) is 14.4 Å². The number of carbonyl (C=O) groups is 3. The SMILES string of the molecule is COc1cc(CC(=O)CNCCOc2ccc(C(=O)O)cc2)ccc1N(C(N)=O)c1ccccc1C. The highest BCUT2D eigenvalue weighted by molar-refractivity contribution is 6.00. The highest BCUT2D eigenvalue weighted by atomic mass is 16.5. The number of carbonyl (C=O) groups excluding carboxylic acids is 2. The van der Waals surface area contributed by atoms with Gasteiger partial charge in [-0.1, -0.05) is 24.3 Å². The number of rotatable bonds is 12. The van der Waals surface area contributed by atoms with E-state index in [-0.39, 0.29) is 24.3 Å². The maximum Gasteiger partial charge on any atom is 0.335 e. The molecule has 3 aromatic rings. The molecular weight excluding hydrogens is 462 g/mol. The molecule has 0 radical (unpaired) electrons. The van der Waals surface area contributed by atoms with Crippen LogP contribution in [-0.4, -0.2) is 49.7 Å². The molecule has 0 saturated heterocycles. The van der Waals surface area contributed by atoms with Crippen LogP contribution in [0.5, 0.6) is 11.5 Å². The molecule has 3 rings (SSSR count). The van der Waals surface area contributed by atoms with Crippen LogP contribution in [-0.2, 0) is 11.2 Å². The summed E-state index contributed by atoms with van der Waals surface area (Å²) in [6.45, 7) is 2.81. The summed E-state index contributed by atoms with van der Waals surface area (Å²) in [6.07, 6.45) is 0.183. The van der Waals surface area contributed by atoms with Crippen molar-refractivity contribution in [2.24, 2.45) is 5.73 Å². The monoisotopic (exact) mass is 491 g/mol. The number of hydrogen-bond acceptors (Lipinski definition) is 6. The number of carboxylic acids is 1. The van der Waals surface area contributed by atoms with Gasteiger partial charge in [-0.25, -0.2) is 9.59 Å². The highest BCUT2D eigenvalue weighted by Crippen LogP contribution is 2.36. The topological polar surface area (TPSA) is 131 Å². The summed E-state index contributed by atoms with van der Waals surface area (Å²) < 4.78 is 11.1. The number of nitrogens with one attached hydrogen (secondary N) is 1. The first-order valence-electron chi connectivity index (χ1n) is 11.3. The van der Waals surface area contributed by atoms with E-state index in [2.05, 4.69) is 5.32 Å². The molecule has 4 N–H and O–H groups in total. The lowest BCUT2D eigenvalue weighted by Gasteiger charge is -2.24. The Labute approximate surface area is 209 Å². The Balaban J connectivity index is 1.55. The Morgan fingerprint density at radius 3 is 2.36 bits per heavy atom. The Morgan fingerprint density at radius 2 is 1.72 bits per heavy atom. The van der Waals surface area contributed by atoms with E-state index in [0.29, 0.717) is 36.0 Å². The van der Waals surface area contributed by atoms with Crippen LogP contribution in [0.25, 0.3) is 0 Å². The van der Waals surface area contributed by atoms with Gasteiger partial charge in [0.05, 0.1) is 30.6 Å². The van der Waals surface area contributed by atoms with Crippen LogP contribution in [0, 0.1) is 6.92 Å². The lowest BCUT2D eigenvalue weighted by molar-refractivity contribution is -0.117. The molecule has 2 amide bonds. The van der Waals surface area contributed by atoms with Crippen molar-refractivity contribution in [3.8, 4) is 11.5 Å². The van der Waals surface area contributed by atoms with E-state index in [1.807, 2.05) is 25.1 Å². The fourth-order valence-corrected chi connectivity index (χ4v) is 3.65. The van der Waals surface area contributed by atoms with Crippen LogP contribution in [0.4, 0.5) is 16.2 Å². The second kappa shape index (κ2) is 12.4. The van der Waals surface area contributed by atoms with Crippen LogP contribution >= 0.6 is 0 Å². The number of aromatic carboxylic acids is 1. The zero-order valence-corrected chi connectivity index (χ0v) is 20.2. The summed E-state index contributed by atoms with van der Waals surface area (Å²) in [5.74, 6) is -0.0413. The van der Waals surface area contributed by atoms with E-state index < -0.39 is 12.0 Å². The smallest absolute Gasteiger partial charge is 0.335 e. The third-order valence-corrected chi connectivity index (χ3v) is 5.43. The first kappa shape index (κ1) is 26.2. The van der Waals surface area contributed by atoms with E-state index in [1.54, 1.807) is 36.4 Å². The predicted molar refractivity (Wildman–Crippen MR) is 136 cm³/mol. The van der Waals surface area contributed by atoms with Crippen molar-refractivity contribution in [1.82, 2.24) is 5.32 Å². The van der Waals surface area contributed by atoms with Gasteiger partial charge >= 0.3 is 12.0 Å². The fourth-order valence-electron chi connectivity index (χ4n) is 3.65. The molecule has 0 unspecified atom stereocenters. The molecule has 9 nitrogen and oxygen atoms in total. The molecule has 0 aromatic heterocycles. The summed E-state index contributed by atoms with van der Waals surface area (Å²) in [6, 6.07) is 18.1. The van der Waals surface area contributed by atoms with Gasteiger partial charge < -0.3 is 25.6 Å². The van der Waals surface area contributed by atoms with Gasteiger partial charge in [0.1, 0.15) is 18.1 Å². The Hall–Kier alpha value is -4.37. The maximum absolute atomic E-state index is 12.5. The number of hydrogen-bond donors (Lipinski definition) is 3. The second-order valence-electron chi connectivity index (χ2n) is 8.04. The number of Topliss-reactive ketones (excluding diaryl/α,β-unsaturated/α-hetero) is 1. The van der Waals surface area contributed by atoms with Gasteiger partial charge in [-0.3, -0.25) is 9.69 Å². The van der Waals surface area contributed by atoms with E-state index >= 15 is 0 Å². The molecule has 0 saturated carbocycles. The molecule has 188 valence electrons. The third-order valence-electron chi connectivity index (χ3n) is 5.43. The molecule has 0 bridgehead atoms. The number of amides is 2. The lowest BCUT2D eigenvalue weighted by Crippen LogP contribution is -2.32. The molecular formula is C27H29N3O6. The summed E-state index contributed by atoms with van der Waals surface area (Å²) in [5.41, 5.74) is 8.63. The first-order valence-corrected chi connectivity index (χ1v) is 11.3. The van der Waals surface area contributed by atoms with Crippen molar-refractivity contribution in [2.75, 3.05) is 31.7 Å². The van der Waals surface area contributed by atoms with E-state index in [4.69, 9.17) is 20.3 Å². The summed E-state index contributed by atoms with van der Waals surface area (Å²) in [4.78, 5) is 37.0. The van der Waals surface area contributed by atoms with Crippen LogP contribution < -0.4 is 25.4 Å². The number of urea groups is 1. The number of primary amides is 1. The van der Waals surface area contributed by atoms with Crippen molar-refractivity contribution in [1.29, 1.82) is 0 Å². The molecule has 0 aliphatic rings. The third kappa shape index (κ3) is 6.83. The lowest BCUT2D eigenvalue weighted by atomic mass is 10.1. The number of ketones is 1. The van der Waals surface area contributed by atoms with Crippen molar-refractivity contribution < 1.29 is 29.0 Å². The van der Waals surface area contributed by atoms with Crippen LogP contribution in [0.3, 0.4) is 0 Å². The van der Waals surface area contributed by atoms with E-state index in [1.165, 1.54) is 24.1 Å². The van der Waals surface area contributed by atoms with Crippen molar-refractivity contribution in [3.05, 3.63) is 83.4 Å². The average molecular weight is 492 g/mol. The van der Waals surface area contributed by atoms with Crippen LogP contribution in [0.1, 0.15) is 21.5 Å². The molecule has 9 heteroatoms. The number of benzene rings is 3. The summed E-state index contributed by atoms with van der Waals surface area (Å²) in [7, 11) is 1.50. The number of nitrogens with zero attached hydrogens (tertiary/aromatic N) is 1. The number of para-hydroxylation sites is 1. The zero-order chi connectivity index (χ0) is 26.1. The minimum Gasteiger partial charge on any atom is -0.495 e. The molecule has 0 aliphatic heterocycles. The predicted octanol–water partition coefficient (Wildman–Crippen LogP) is 3.70. The zero-order valence-electron chi connectivity index (χ0n) is 20.2. The normalized spacial score (nSPS) is 10.5. The summed E-state index contributed by atoms with van der Waals surface area (Å²) in [5, 5.41) is 12.0. The van der Waals surface area contributed by atoms with Crippen molar-refractivity contribution in [3.63, 3.8) is 0 Å². The van der Waals surface area contributed by atoms with Gasteiger partial charge in [0.2, 0.25) is 0 Å². The molecule has 0 aliphatic carbocycles. The molecule has 3 aromatic carbocycles. The van der Waals surface area contributed by atoms with Gasteiger partial charge in [0.15, 0.2) is 5.78 Å². The summed E-state index contributed by atoms with van der Waals surface area (Å²) >= 11 is 0. The number of carboxylic acid groups (broad SMARTS) is 1. The fraction of sp³-hybridized carbons (Fsp3) is 0.222. The quantitative estimate of drug-likeness (QED) is 0.329. The number of nitrogens with two attached hydrogens (primary N) is 1. The van der Waals surface area contributed by atoms with Crippen LogP contribution in [0.2, 0.25) is 0 Å². The van der Waals surface area contributed by atoms with Gasteiger partial charge in [-0.15, -0.1) is 0 Å². The Bertz CT molecular complexity index is 1230. The number of ether oxygens (including phenoxy) is 2. The highest BCUT2D eigenvalue weighted by Gasteiger charge is 2.21. The standard InChI is InChI=1S/C27H29N3O6/c1-18-5-3-4-6-23(18)30(27(28)34)24-12-7-19(16-25(24)35-2)15-21(31)17-29-13-14-36-22-10-8-20(9-11-22)26(32)33/h3-12,16,29H,13-15,17H2,1-2H3,(H2,28,34)(H,32,33). The molecule has 0 atom stereocenters. The maximum atomic E-state index is 12.5. The number of aryl methyl sites for hydroxylation is 1. The minimum atomic E-state index is -0.995.